The molecule has 1 aliphatic carbocycles. The maximum Gasteiger partial charge on any atom is 0.263 e. The molecule has 5 heteroatoms. The molecule has 0 saturated heterocycles. The van der Waals surface area contributed by atoms with Gasteiger partial charge >= 0.3 is 0 Å². The number of benzene rings is 1. The average molecular weight is 344 g/mol. The van der Waals surface area contributed by atoms with Crippen molar-refractivity contribution < 1.29 is 9.53 Å². The lowest BCUT2D eigenvalue weighted by atomic mass is 9.86. The van der Waals surface area contributed by atoms with Gasteiger partial charge in [0.2, 0.25) is 0 Å². The standard InChI is InChI=1S/C19H24N2O2S/c1-13-8-6-7-11-16(13)21-19(22)18-14(2)20-17(24-18)12-23-15-9-4-3-5-10-15/h3-5,9-10,13,16H,6-8,11-12H2,1-2H3,(H,21,22)/t13-,16+/m0/s1. The molecule has 1 N–H and O–H groups in total. The van der Waals surface area contributed by atoms with E-state index in [1.165, 1.54) is 30.6 Å². The fraction of sp³-hybridized carbons (Fsp3) is 0.474. The van der Waals surface area contributed by atoms with Crippen molar-refractivity contribution in [2.45, 2.75) is 52.2 Å². The summed E-state index contributed by atoms with van der Waals surface area (Å²) in [5, 5.41) is 4.04. The van der Waals surface area contributed by atoms with Crippen LogP contribution in [0.5, 0.6) is 5.75 Å². The van der Waals surface area contributed by atoms with Crippen molar-refractivity contribution in [2.75, 3.05) is 0 Å². The Morgan fingerprint density at radius 1 is 1.29 bits per heavy atom. The highest BCUT2D eigenvalue weighted by Gasteiger charge is 2.25. The molecular weight excluding hydrogens is 320 g/mol. The average Bonchev–Trinajstić information content (AvgIpc) is 2.97. The van der Waals surface area contributed by atoms with Crippen molar-refractivity contribution in [3.63, 3.8) is 0 Å². The molecule has 128 valence electrons. The number of para-hydroxylation sites is 1. The van der Waals surface area contributed by atoms with E-state index in [4.69, 9.17) is 4.74 Å². The van der Waals surface area contributed by atoms with Crippen LogP contribution in [-0.2, 0) is 6.61 Å². The molecule has 1 saturated carbocycles. The lowest BCUT2D eigenvalue weighted by molar-refractivity contribution is 0.0913. The lowest BCUT2D eigenvalue weighted by Gasteiger charge is -2.29. The number of hydrogen-bond acceptors (Lipinski definition) is 4. The van der Waals surface area contributed by atoms with Crippen LogP contribution >= 0.6 is 11.3 Å². The van der Waals surface area contributed by atoms with E-state index in [9.17, 15) is 4.79 Å². The Kier molecular flexibility index (Phi) is 5.51. The summed E-state index contributed by atoms with van der Waals surface area (Å²) in [6, 6.07) is 9.95. The van der Waals surface area contributed by atoms with Gasteiger partial charge in [-0.2, -0.15) is 0 Å². The number of nitrogens with zero attached hydrogens (tertiary/aromatic N) is 1. The van der Waals surface area contributed by atoms with E-state index in [0.717, 1.165) is 22.9 Å². The molecule has 2 atom stereocenters. The Morgan fingerprint density at radius 3 is 2.79 bits per heavy atom. The van der Waals surface area contributed by atoms with Gasteiger partial charge in [-0.05, 0) is 37.8 Å². The summed E-state index contributed by atoms with van der Waals surface area (Å²) in [7, 11) is 0. The largest absolute Gasteiger partial charge is 0.486 e. The highest BCUT2D eigenvalue weighted by Crippen LogP contribution is 2.25. The van der Waals surface area contributed by atoms with Gasteiger partial charge in [0.25, 0.3) is 5.91 Å². The van der Waals surface area contributed by atoms with E-state index >= 15 is 0 Å². The van der Waals surface area contributed by atoms with Gasteiger partial charge in [-0.15, -0.1) is 11.3 Å². The molecule has 0 spiro atoms. The number of hydrogen-bond donors (Lipinski definition) is 1. The third-order valence-electron chi connectivity index (χ3n) is 4.58. The van der Waals surface area contributed by atoms with Crippen LogP contribution in [0.2, 0.25) is 0 Å². The van der Waals surface area contributed by atoms with Crippen molar-refractivity contribution in [3.05, 3.63) is 45.9 Å². The highest BCUT2D eigenvalue weighted by atomic mass is 32.1. The van der Waals surface area contributed by atoms with Crippen LogP contribution in [0.25, 0.3) is 0 Å². The molecule has 0 aliphatic heterocycles. The first-order valence-corrected chi connectivity index (χ1v) is 9.40. The van der Waals surface area contributed by atoms with Gasteiger partial charge in [0.05, 0.1) is 5.69 Å². The third kappa shape index (κ3) is 4.15. The quantitative estimate of drug-likeness (QED) is 0.878. The van der Waals surface area contributed by atoms with Crippen LogP contribution in [0.1, 0.15) is 53.0 Å². The maximum absolute atomic E-state index is 12.6. The van der Waals surface area contributed by atoms with Crippen molar-refractivity contribution in [1.82, 2.24) is 10.3 Å². The van der Waals surface area contributed by atoms with Crippen LogP contribution in [-0.4, -0.2) is 16.9 Å². The van der Waals surface area contributed by atoms with Crippen LogP contribution in [0, 0.1) is 12.8 Å². The first kappa shape index (κ1) is 17.0. The zero-order valence-corrected chi connectivity index (χ0v) is 15.1. The fourth-order valence-corrected chi connectivity index (χ4v) is 4.03. The number of aromatic nitrogens is 1. The smallest absolute Gasteiger partial charge is 0.263 e. The number of carbonyl (C=O) groups excluding carboxylic acids is 1. The predicted octanol–water partition coefficient (Wildman–Crippen LogP) is 4.34. The van der Waals surface area contributed by atoms with Crippen molar-refractivity contribution >= 4 is 17.2 Å². The Balaban J connectivity index is 1.61. The summed E-state index contributed by atoms with van der Waals surface area (Å²) in [4.78, 5) is 17.8. The van der Waals surface area contributed by atoms with Gasteiger partial charge in [0.1, 0.15) is 22.2 Å². The number of rotatable bonds is 5. The van der Waals surface area contributed by atoms with Gasteiger partial charge in [0, 0.05) is 6.04 Å². The van der Waals surface area contributed by atoms with Crippen molar-refractivity contribution in [1.29, 1.82) is 0 Å². The second kappa shape index (κ2) is 7.79. The number of aryl methyl sites for hydroxylation is 1. The zero-order valence-electron chi connectivity index (χ0n) is 14.2. The molecule has 1 fully saturated rings. The molecule has 1 amide bonds. The van der Waals surface area contributed by atoms with E-state index < -0.39 is 0 Å². The molecule has 1 aromatic carbocycles. The number of carbonyl (C=O) groups is 1. The summed E-state index contributed by atoms with van der Waals surface area (Å²) < 4.78 is 5.72. The minimum absolute atomic E-state index is 0.00899. The van der Waals surface area contributed by atoms with Gasteiger partial charge in [-0.25, -0.2) is 4.98 Å². The van der Waals surface area contributed by atoms with Gasteiger partial charge in [-0.1, -0.05) is 38.0 Å². The lowest BCUT2D eigenvalue weighted by Crippen LogP contribution is -2.40. The monoisotopic (exact) mass is 344 g/mol. The topological polar surface area (TPSA) is 51.2 Å². The van der Waals surface area contributed by atoms with Crippen molar-refractivity contribution in [2.24, 2.45) is 5.92 Å². The third-order valence-corrected chi connectivity index (χ3v) is 5.71. The number of thiazole rings is 1. The second-order valence-electron chi connectivity index (χ2n) is 6.47. The summed E-state index contributed by atoms with van der Waals surface area (Å²) in [5.41, 5.74) is 0.785. The van der Waals surface area contributed by atoms with Gasteiger partial charge in [-0.3, -0.25) is 4.79 Å². The molecule has 24 heavy (non-hydrogen) atoms. The summed E-state index contributed by atoms with van der Waals surface area (Å²) in [5.74, 6) is 1.37. The van der Waals surface area contributed by atoms with E-state index in [1.807, 2.05) is 37.3 Å². The number of amides is 1. The van der Waals surface area contributed by atoms with Crippen LogP contribution in [0.15, 0.2) is 30.3 Å². The summed E-state index contributed by atoms with van der Waals surface area (Å²) >= 11 is 1.43. The Labute approximate surface area is 147 Å². The molecule has 3 rings (SSSR count). The highest BCUT2D eigenvalue weighted by molar-refractivity contribution is 7.13. The molecule has 4 nitrogen and oxygen atoms in total. The Morgan fingerprint density at radius 2 is 2.04 bits per heavy atom. The fourth-order valence-electron chi connectivity index (χ4n) is 3.15. The minimum Gasteiger partial charge on any atom is -0.486 e. The molecule has 1 heterocycles. The molecule has 0 unspecified atom stereocenters. The molecule has 1 aliphatic rings. The van der Waals surface area contributed by atoms with Crippen LogP contribution in [0.3, 0.4) is 0 Å². The summed E-state index contributed by atoms with van der Waals surface area (Å²) in [6.45, 7) is 4.51. The Bertz CT molecular complexity index is 684. The van der Waals surface area contributed by atoms with Gasteiger partial charge < -0.3 is 10.1 Å². The van der Waals surface area contributed by atoms with Gasteiger partial charge in [0.15, 0.2) is 0 Å². The first-order valence-electron chi connectivity index (χ1n) is 8.58. The van der Waals surface area contributed by atoms with Crippen LogP contribution in [0.4, 0.5) is 0 Å². The molecule has 1 aromatic heterocycles. The Hall–Kier alpha value is -1.88. The number of ether oxygens (including phenoxy) is 1. The van der Waals surface area contributed by atoms with E-state index in [0.29, 0.717) is 17.4 Å². The maximum atomic E-state index is 12.6. The normalized spacial score (nSPS) is 20.6. The van der Waals surface area contributed by atoms with E-state index in [1.54, 1.807) is 0 Å². The number of nitrogens with one attached hydrogen (secondary N) is 1. The predicted molar refractivity (Wildman–Crippen MR) is 96.5 cm³/mol. The second-order valence-corrected chi connectivity index (χ2v) is 7.55. The molecule has 0 bridgehead atoms. The first-order chi connectivity index (χ1) is 11.6. The van der Waals surface area contributed by atoms with Crippen LogP contribution < -0.4 is 10.1 Å². The summed E-state index contributed by atoms with van der Waals surface area (Å²) in [6.07, 6.45) is 4.75. The SMILES string of the molecule is Cc1nc(COc2ccccc2)sc1C(=O)N[C@@H]1CCCC[C@@H]1C. The molecule has 2 aromatic rings. The van der Waals surface area contributed by atoms with Crippen molar-refractivity contribution in [3.8, 4) is 5.75 Å². The van der Waals surface area contributed by atoms with E-state index in [2.05, 4.69) is 17.2 Å². The zero-order chi connectivity index (χ0) is 16.9. The minimum atomic E-state index is 0.00899. The van der Waals surface area contributed by atoms with E-state index in [-0.39, 0.29) is 11.9 Å². The molecule has 0 radical (unpaired) electrons. The molecular formula is C19H24N2O2S.